The van der Waals surface area contributed by atoms with Gasteiger partial charge in [-0.25, -0.2) is 0 Å². The average Bonchev–Trinajstić information content (AvgIpc) is 3.43. The molecule has 1 atom stereocenters. The zero-order valence-electron chi connectivity index (χ0n) is 50.7. The first-order valence-electron chi connectivity index (χ1n) is 32.7. The van der Waals surface area contributed by atoms with Gasteiger partial charge in [0.2, 0.25) is 0 Å². The summed E-state index contributed by atoms with van der Waals surface area (Å²) < 4.78 is 16.9. The average molecular weight is 1070 g/mol. The van der Waals surface area contributed by atoms with Crippen LogP contribution in [0.4, 0.5) is 0 Å². The number of carbonyl (C=O) groups is 3. The molecule has 0 fully saturated rings. The van der Waals surface area contributed by atoms with Crippen LogP contribution in [0.5, 0.6) is 0 Å². The van der Waals surface area contributed by atoms with Gasteiger partial charge in [0.25, 0.3) is 0 Å². The van der Waals surface area contributed by atoms with E-state index in [2.05, 4.69) is 118 Å². The molecular weight excluding hydrogens is 949 g/mol. The number of unbranched alkanes of at least 4 members (excludes halogenated alkanes) is 32. The van der Waals surface area contributed by atoms with Gasteiger partial charge in [-0.3, -0.25) is 14.4 Å². The summed E-state index contributed by atoms with van der Waals surface area (Å²) in [4.78, 5) is 38.3. The van der Waals surface area contributed by atoms with E-state index in [9.17, 15) is 14.4 Å². The molecular formula is C71H122O6. The smallest absolute Gasteiger partial charge is 0.306 e. The Morgan fingerprint density at radius 1 is 0.273 bits per heavy atom. The number of rotatable bonds is 59. The SMILES string of the molecule is CC/C=C\C/C=C\C/C=C\C/C=C\C/C=C\CCCC(=O)OCC(COC(=O)CCCCCCCCCCCCC/C=C\C/C=C\CCCCCCC)OC(=O)CCCCCCCCCCC/C=C\CCCCCCCC. The van der Waals surface area contributed by atoms with Crippen molar-refractivity contribution in [2.75, 3.05) is 13.2 Å². The van der Waals surface area contributed by atoms with E-state index in [4.69, 9.17) is 14.2 Å². The first-order valence-corrected chi connectivity index (χ1v) is 32.7. The standard InChI is InChI=1S/C71H122O6/c1-4-7-10-13-16-19-22-25-28-31-33-34-35-36-38-40-43-46-49-52-55-58-61-64-70(73)76-67-68(66-75-69(72)63-60-57-54-51-48-45-42-39-30-27-24-21-18-15-12-9-6-3)77-71(74)65-62-59-56-53-50-47-44-41-37-32-29-26-23-20-17-14-11-8-5-2/h9,12,18,21-22,25-27,29-31,33,42,45,51,54,68H,4-8,10-11,13-17,19-20,23-24,28,32,34-41,43-44,46-50,52-53,55-67H2,1-3H3/b12-9-,21-18-,25-22-,29-26-,30-27-,33-31-,45-42-,54-51-. The number of allylic oxidation sites excluding steroid dienone is 16. The Morgan fingerprint density at radius 2 is 0.519 bits per heavy atom. The molecule has 0 radical (unpaired) electrons. The van der Waals surface area contributed by atoms with Gasteiger partial charge in [-0.05, 0) is 116 Å². The van der Waals surface area contributed by atoms with E-state index in [0.717, 1.165) is 83.5 Å². The minimum Gasteiger partial charge on any atom is -0.462 e. The fourth-order valence-electron chi connectivity index (χ4n) is 9.15. The van der Waals surface area contributed by atoms with Crippen LogP contribution in [0, 0.1) is 0 Å². The Balaban J connectivity index is 4.42. The number of hydrogen-bond donors (Lipinski definition) is 0. The zero-order chi connectivity index (χ0) is 55.7. The van der Waals surface area contributed by atoms with Crippen LogP contribution >= 0.6 is 0 Å². The Morgan fingerprint density at radius 3 is 0.857 bits per heavy atom. The van der Waals surface area contributed by atoms with Crippen LogP contribution in [0.25, 0.3) is 0 Å². The number of hydrogen-bond acceptors (Lipinski definition) is 6. The summed E-state index contributed by atoms with van der Waals surface area (Å²) in [5.41, 5.74) is 0. The Labute approximate surface area is 477 Å². The molecule has 0 N–H and O–H groups in total. The molecule has 6 nitrogen and oxygen atoms in total. The second-order valence-electron chi connectivity index (χ2n) is 21.6. The van der Waals surface area contributed by atoms with Crippen molar-refractivity contribution in [3.8, 4) is 0 Å². The van der Waals surface area contributed by atoms with E-state index in [1.807, 2.05) is 0 Å². The lowest BCUT2D eigenvalue weighted by molar-refractivity contribution is -0.167. The number of esters is 3. The summed E-state index contributed by atoms with van der Waals surface area (Å²) in [7, 11) is 0. The molecule has 0 amide bonds. The molecule has 0 saturated carbocycles. The minimum absolute atomic E-state index is 0.0962. The molecule has 0 aromatic rings. The lowest BCUT2D eigenvalue weighted by atomic mass is 10.0. The van der Waals surface area contributed by atoms with E-state index in [0.29, 0.717) is 19.3 Å². The Hall–Kier alpha value is -3.67. The van der Waals surface area contributed by atoms with Crippen LogP contribution in [0.1, 0.15) is 316 Å². The highest BCUT2D eigenvalue weighted by Gasteiger charge is 2.19. The molecule has 0 heterocycles. The maximum absolute atomic E-state index is 12.9. The van der Waals surface area contributed by atoms with Crippen LogP contribution in [-0.2, 0) is 28.6 Å². The lowest BCUT2D eigenvalue weighted by Crippen LogP contribution is -2.30. The van der Waals surface area contributed by atoms with Crippen LogP contribution < -0.4 is 0 Å². The summed E-state index contributed by atoms with van der Waals surface area (Å²) in [5.74, 6) is -0.950. The second kappa shape index (κ2) is 64.9. The van der Waals surface area contributed by atoms with E-state index in [1.54, 1.807) is 0 Å². The van der Waals surface area contributed by atoms with Gasteiger partial charge in [0.1, 0.15) is 13.2 Å². The molecule has 77 heavy (non-hydrogen) atoms. The fourth-order valence-corrected chi connectivity index (χ4v) is 9.15. The van der Waals surface area contributed by atoms with Crippen molar-refractivity contribution in [3.05, 3.63) is 97.2 Å². The van der Waals surface area contributed by atoms with Crippen molar-refractivity contribution in [1.82, 2.24) is 0 Å². The van der Waals surface area contributed by atoms with Crippen LogP contribution in [0.15, 0.2) is 97.2 Å². The molecule has 0 aliphatic heterocycles. The topological polar surface area (TPSA) is 78.9 Å². The van der Waals surface area contributed by atoms with Gasteiger partial charge in [0.15, 0.2) is 6.10 Å². The van der Waals surface area contributed by atoms with Crippen LogP contribution in [-0.4, -0.2) is 37.2 Å². The monoisotopic (exact) mass is 1070 g/mol. The highest BCUT2D eigenvalue weighted by atomic mass is 16.6. The molecule has 0 bridgehead atoms. The summed E-state index contributed by atoms with van der Waals surface area (Å²) in [5, 5.41) is 0. The van der Waals surface area contributed by atoms with Crippen molar-refractivity contribution in [2.45, 2.75) is 322 Å². The van der Waals surface area contributed by atoms with E-state index < -0.39 is 6.10 Å². The predicted octanol–water partition coefficient (Wildman–Crippen LogP) is 22.4. The minimum atomic E-state index is -0.805. The number of ether oxygens (including phenoxy) is 3. The van der Waals surface area contributed by atoms with Crippen molar-refractivity contribution >= 4 is 17.9 Å². The van der Waals surface area contributed by atoms with Crippen molar-refractivity contribution in [3.63, 3.8) is 0 Å². The predicted molar refractivity (Wildman–Crippen MR) is 334 cm³/mol. The summed E-state index contributed by atoms with van der Waals surface area (Å²) in [6, 6.07) is 0. The van der Waals surface area contributed by atoms with Crippen LogP contribution in [0.2, 0.25) is 0 Å². The van der Waals surface area contributed by atoms with Crippen molar-refractivity contribution in [1.29, 1.82) is 0 Å². The fraction of sp³-hybridized carbons (Fsp3) is 0.732. The highest BCUT2D eigenvalue weighted by Crippen LogP contribution is 2.16. The lowest BCUT2D eigenvalue weighted by Gasteiger charge is -2.18. The van der Waals surface area contributed by atoms with Crippen molar-refractivity contribution in [2.24, 2.45) is 0 Å². The van der Waals surface area contributed by atoms with E-state index in [-0.39, 0.29) is 37.5 Å². The summed E-state index contributed by atoms with van der Waals surface area (Å²) in [6.45, 7) is 6.49. The Bertz CT molecular complexity index is 1510. The van der Waals surface area contributed by atoms with Gasteiger partial charge in [0.05, 0.1) is 0 Å². The molecule has 0 saturated heterocycles. The van der Waals surface area contributed by atoms with Gasteiger partial charge in [0, 0.05) is 19.3 Å². The molecule has 442 valence electrons. The third kappa shape index (κ3) is 63.0. The summed E-state index contributed by atoms with van der Waals surface area (Å²) in [6.07, 6.45) is 87.0. The first kappa shape index (κ1) is 73.3. The quantitative estimate of drug-likeness (QED) is 0.0261. The van der Waals surface area contributed by atoms with E-state index >= 15 is 0 Å². The Kier molecular flexibility index (Phi) is 61.8. The van der Waals surface area contributed by atoms with Crippen molar-refractivity contribution < 1.29 is 28.6 Å². The summed E-state index contributed by atoms with van der Waals surface area (Å²) >= 11 is 0. The molecule has 0 aromatic heterocycles. The maximum Gasteiger partial charge on any atom is 0.306 e. The van der Waals surface area contributed by atoms with E-state index in [1.165, 1.54) is 186 Å². The molecule has 0 aliphatic carbocycles. The zero-order valence-corrected chi connectivity index (χ0v) is 50.7. The first-order chi connectivity index (χ1) is 38.0. The molecule has 0 aromatic carbocycles. The van der Waals surface area contributed by atoms with Crippen LogP contribution in [0.3, 0.4) is 0 Å². The van der Waals surface area contributed by atoms with Gasteiger partial charge in [-0.2, -0.15) is 0 Å². The maximum atomic E-state index is 12.9. The van der Waals surface area contributed by atoms with Gasteiger partial charge in [-0.1, -0.05) is 279 Å². The second-order valence-corrected chi connectivity index (χ2v) is 21.6. The third-order valence-corrected chi connectivity index (χ3v) is 14.0. The molecule has 0 rings (SSSR count). The highest BCUT2D eigenvalue weighted by molar-refractivity contribution is 5.71. The molecule has 6 heteroatoms. The molecule has 0 spiro atoms. The largest absolute Gasteiger partial charge is 0.462 e. The molecule has 1 unspecified atom stereocenters. The van der Waals surface area contributed by atoms with Gasteiger partial charge < -0.3 is 14.2 Å². The number of carbonyl (C=O) groups excluding carboxylic acids is 3. The normalized spacial score (nSPS) is 12.7. The van der Waals surface area contributed by atoms with Gasteiger partial charge in [-0.15, -0.1) is 0 Å². The third-order valence-electron chi connectivity index (χ3n) is 14.0. The van der Waals surface area contributed by atoms with Gasteiger partial charge >= 0.3 is 17.9 Å². The molecule has 0 aliphatic rings.